The van der Waals surface area contributed by atoms with Crippen LogP contribution in [0.25, 0.3) is 0 Å². The van der Waals surface area contributed by atoms with Crippen LogP contribution in [0.1, 0.15) is 13.8 Å². The lowest BCUT2D eigenvalue weighted by atomic mass is 9.95. The third-order valence-electron chi connectivity index (χ3n) is 10.9. The van der Waals surface area contributed by atoms with Crippen LogP contribution in [-0.2, 0) is 37.9 Å². The fraction of sp³-hybridized carbons (Fsp3) is 1.00. The Balaban J connectivity index is 0.000000320. The molecule has 17 N–H and O–H groups in total. The summed E-state index contributed by atoms with van der Waals surface area (Å²) in [5.74, 6) is 0. The molecule has 60 heavy (non-hydrogen) atoms. The van der Waals surface area contributed by atoms with Gasteiger partial charge in [-0.05, 0) is 13.8 Å². The molecule has 0 radical (unpaired) electrons. The fourth-order valence-corrected chi connectivity index (χ4v) is 7.41. The molecule has 4 heterocycles. The summed E-state index contributed by atoms with van der Waals surface area (Å²) in [6, 6.07) is 0. The van der Waals surface area contributed by atoms with Crippen molar-refractivity contribution >= 4 is 0 Å². The van der Waals surface area contributed by atoms with Gasteiger partial charge in [-0.1, -0.05) is 0 Å². The van der Waals surface area contributed by atoms with E-state index in [2.05, 4.69) is 21.3 Å². The van der Waals surface area contributed by atoms with Gasteiger partial charge in [0, 0.05) is 73.1 Å². The lowest BCUT2D eigenvalue weighted by Gasteiger charge is -2.46. The van der Waals surface area contributed by atoms with Gasteiger partial charge in [0.15, 0.2) is 12.6 Å². The summed E-state index contributed by atoms with van der Waals surface area (Å²) >= 11 is 0. The number of rotatable bonds is 22. The Bertz CT molecular complexity index is 1060. The third-order valence-corrected chi connectivity index (χ3v) is 10.9. The van der Waals surface area contributed by atoms with E-state index in [1.807, 2.05) is 0 Å². The third kappa shape index (κ3) is 14.5. The number of nitrogens with one attached hydrogen (secondary N) is 4. The summed E-state index contributed by atoms with van der Waals surface area (Å²) in [5.41, 5.74) is 5.42. The molecule has 4 aliphatic rings. The van der Waals surface area contributed by atoms with Crippen LogP contribution in [0, 0.1) is 0 Å². The largest absolute Gasteiger partial charge is 0.395 e. The smallest absolute Gasteiger partial charge is 0.187 e. The highest BCUT2D eigenvalue weighted by molar-refractivity contribution is 4.97. The Morgan fingerprint density at radius 2 is 0.817 bits per heavy atom. The number of methoxy groups -OCH3 is 2. The molecule has 0 aromatic carbocycles. The highest BCUT2D eigenvalue weighted by Crippen LogP contribution is 2.31. The van der Waals surface area contributed by atoms with Gasteiger partial charge in [0.2, 0.25) is 0 Å². The second kappa shape index (κ2) is 27.4. The molecule has 356 valence electrons. The van der Waals surface area contributed by atoms with Crippen molar-refractivity contribution in [3.05, 3.63) is 0 Å². The number of aliphatic hydroxyl groups is 11. The molecule has 4 aliphatic heterocycles. The number of nitrogens with two attached hydrogens (primary N) is 1. The first-order valence-electron chi connectivity index (χ1n) is 20.5. The molecule has 0 aliphatic carbocycles. The number of hydrogen-bond donors (Lipinski definition) is 16. The van der Waals surface area contributed by atoms with E-state index in [1.165, 1.54) is 14.2 Å². The highest BCUT2D eigenvalue weighted by atomic mass is 16.7. The Labute approximate surface area is 350 Å². The minimum Gasteiger partial charge on any atom is -0.395 e. The Morgan fingerprint density at radius 3 is 1.17 bits per heavy atom. The molecule has 24 heteroatoms. The maximum atomic E-state index is 10.5. The van der Waals surface area contributed by atoms with Crippen LogP contribution in [0.4, 0.5) is 0 Å². The molecule has 0 bridgehead atoms. The van der Waals surface area contributed by atoms with Gasteiger partial charge in [0.05, 0.1) is 32.0 Å². The summed E-state index contributed by atoms with van der Waals surface area (Å²) in [4.78, 5) is 0. The van der Waals surface area contributed by atoms with E-state index in [9.17, 15) is 51.1 Å². The van der Waals surface area contributed by atoms with Crippen LogP contribution >= 0.6 is 0 Å². The van der Waals surface area contributed by atoms with E-state index in [0.29, 0.717) is 52.4 Å². The maximum absolute atomic E-state index is 10.5. The van der Waals surface area contributed by atoms with Gasteiger partial charge in [0.1, 0.15) is 97.7 Å². The Morgan fingerprint density at radius 1 is 0.450 bits per heavy atom. The van der Waals surface area contributed by atoms with E-state index in [0.717, 1.165) is 0 Å². The molecule has 0 amide bonds. The SMILES string of the molecule is CO[C@H]1[C@H](O)[C@@H](O)[C@@H](OC2[C@@H](CO)O[C@H](C)[C@H](O)[C@H]2O)O[C@@H]1CNCCNCCN.CO[C@H]1[C@H](O)[C@@H](O)[C@@H](OC2[C@@H](CO)O[C@H](C)[C@H](O)[C@H]2O)O[C@@H]1CNCCNCCO. The minimum atomic E-state index is -1.49. The highest BCUT2D eigenvalue weighted by Gasteiger charge is 2.52. The predicted octanol–water partition coefficient (Wildman–Crippen LogP) is -9.02. The molecule has 0 aromatic rings. The van der Waals surface area contributed by atoms with Crippen LogP contribution in [0.2, 0.25) is 0 Å². The lowest BCUT2D eigenvalue weighted by molar-refractivity contribution is -0.339. The fourth-order valence-electron chi connectivity index (χ4n) is 7.41. The normalized spacial score (nSPS) is 42.4. The van der Waals surface area contributed by atoms with Gasteiger partial charge in [0.25, 0.3) is 0 Å². The molecule has 4 fully saturated rings. The van der Waals surface area contributed by atoms with Crippen molar-refractivity contribution < 1.29 is 94.1 Å². The Hall–Kier alpha value is -0.960. The molecule has 2 unspecified atom stereocenters. The second-order valence-corrected chi connectivity index (χ2v) is 15.2. The van der Waals surface area contributed by atoms with Crippen LogP contribution in [0.5, 0.6) is 0 Å². The first-order chi connectivity index (χ1) is 28.7. The summed E-state index contributed by atoms with van der Waals surface area (Å²) in [6.07, 6.45) is -22.1. The van der Waals surface area contributed by atoms with Crippen molar-refractivity contribution in [1.82, 2.24) is 21.3 Å². The lowest BCUT2D eigenvalue weighted by Crippen LogP contribution is -2.65. The van der Waals surface area contributed by atoms with Crippen LogP contribution in [0.15, 0.2) is 0 Å². The minimum absolute atomic E-state index is 0.0413. The van der Waals surface area contributed by atoms with Gasteiger partial charge < -0.3 is 121 Å². The molecule has 4 saturated heterocycles. The van der Waals surface area contributed by atoms with Crippen molar-refractivity contribution in [2.75, 3.05) is 92.9 Å². The zero-order valence-electron chi connectivity index (χ0n) is 34.8. The molecular formula is C36H73N5O19. The van der Waals surface area contributed by atoms with Gasteiger partial charge in [-0.2, -0.15) is 0 Å². The monoisotopic (exact) mass is 879 g/mol. The number of hydrogen-bond acceptors (Lipinski definition) is 24. The molecule has 20 atom stereocenters. The van der Waals surface area contributed by atoms with E-state index < -0.39 is 136 Å². The maximum Gasteiger partial charge on any atom is 0.187 e. The average Bonchev–Trinajstić information content (AvgIpc) is 3.24. The summed E-state index contributed by atoms with van der Waals surface area (Å²) in [6.45, 7) is 6.99. The van der Waals surface area contributed by atoms with E-state index in [1.54, 1.807) is 13.8 Å². The standard InChI is InChI=1S/C18H37N3O9.C18H36N2O10/c1-9-12(23)13(24)17(11(8-22)28-9)30-18-15(26)14(25)16(27-2)10(29-18)7-21-6-5-20-4-3-19;1-9-12(23)13(24)17(11(8-22)28-9)30-18-15(26)14(25)16(27-2)10(29-18)7-20-4-3-19-5-6-21/h9-18,20-26H,3-8,19H2,1-2H3;9-26H,3-8H2,1-2H3/t2*9-,10-,11-,12+,13-,14-,15-,16-,17?,18-/m11/s1. The van der Waals surface area contributed by atoms with Gasteiger partial charge >= 0.3 is 0 Å². The van der Waals surface area contributed by atoms with Gasteiger partial charge in [-0.25, -0.2) is 0 Å². The summed E-state index contributed by atoms with van der Waals surface area (Å²) in [5, 5.41) is 123. The number of ether oxygens (including phenoxy) is 8. The average molecular weight is 880 g/mol. The molecule has 0 spiro atoms. The quantitative estimate of drug-likeness (QED) is 0.0449. The molecule has 4 rings (SSSR count). The molecule has 0 saturated carbocycles. The van der Waals surface area contributed by atoms with Gasteiger partial charge in [-0.15, -0.1) is 0 Å². The van der Waals surface area contributed by atoms with Crippen LogP contribution < -0.4 is 27.0 Å². The second-order valence-electron chi connectivity index (χ2n) is 15.2. The molecule has 24 nitrogen and oxygen atoms in total. The molecular weight excluding hydrogens is 806 g/mol. The van der Waals surface area contributed by atoms with Crippen molar-refractivity contribution in [1.29, 1.82) is 0 Å². The Kier molecular flexibility index (Phi) is 24.4. The van der Waals surface area contributed by atoms with Crippen molar-refractivity contribution in [2.24, 2.45) is 5.73 Å². The topological polar surface area (TPSA) is 371 Å². The summed E-state index contributed by atoms with van der Waals surface area (Å²) in [7, 11) is 2.79. The van der Waals surface area contributed by atoms with Crippen molar-refractivity contribution in [2.45, 2.75) is 136 Å². The van der Waals surface area contributed by atoms with E-state index in [4.69, 9.17) is 48.7 Å². The first-order valence-corrected chi connectivity index (χ1v) is 20.5. The van der Waals surface area contributed by atoms with Gasteiger partial charge in [-0.3, -0.25) is 0 Å². The van der Waals surface area contributed by atoms with Crippen LogP contribution in [-0.4, -0.2) is 272 Å². The van der Waals surface area contributed by atoms with Crippen molar-refractivity contribution in [3.8, 4) is 0 Å². The number of aliphatic hydroxyl groups excluding tert-OH is 11. The summed E-state index contributed by atoms with van der Waals surface area (Å²) < 4.78 is 44.5. The molecule has 0 aromatic heterocycles. The van der Waals surface area contributed by atoms with E-state index in [-0.39, 0.29) is 13.2 Å². The first kappa shape index (κ1) is 53.4. The predicted molar refractivity (Wildman–Crippen MR) is 207 cm³/mol. The zero-order chi connectivity index (χ0) is 44.5. The van der Waals surface area contributed by atoms with Crippen molar-refractivity contribution in [3.63, 3.8) is 0 Å². The van der Waals surface area contributed by atoms with Crippen LogP contribution in [0.3, 0.4) is 0 Å². The van der Waals surface area contributed by atoms with E-state index >= 15 is 0 Å². The zero-order valence-corrected chi connectivity index (χ0v) is 34.8.